The molecule has 0 fully saturated rings. The zero-order valence-electron chi connectivity index (χ0n) is 12.3. The van der Waals surface area contributed by atoms with Gasteiger partial charge in [-0.3, -0.25) is 9.35 Å². The van der Waals surface area contributed by atoms with E-state index in [1.807, 2.05) is 0 Å². The molecule has 0 aromatic heterocycles. The molecule has 5 N–H and O–H groups in total. The van der Waals surface area contributed by atoms with Crippen molar-refractivity contribution < 1.29 is 28.0 Å². The molecule has 23 heavy (non-hydrogen) atoms. The highest BCUT2D eigenvalue weighted by atomic mass is 32.2. The topological polar surface area (TPSA) is 138 Å². The second kappa shape index (κ2) is 5.80. The van der Waals surface area contributed by atoms with Crippen LogP contribution in [0.25, 0.3) is 0 Å². The SMILES string of the molecule is CC1=CC(N)C(Cc2ccccc2)(C(=O)O)C(O)=C1S(=O)(=O)O. The number of aliphatic carboxylic acids is 1. The Labute approximate surface area is 133 Å². The molecule has 0 aliphatic heterocycles. The summed E-state index contributed by atoms with van der Waals surface area (Å²) in [6, 6.07) is 7.23. The predicted molar refractivity (Wildman–Crippen MR) is 83.2 cm³/mol. The number of carboxylic acid groups (broad SMARTS) is 1. The first-order chi connectivity index (χ1) is 10.6. The number of aliphatic hydroxyl groups is 1. The average molecular weight is 339 g/mol. The molecule has 2 rings (SSSR count). The highest BCUT2D eigenvalue weighted by molar-refractivity contribution is 7.90. The van der Waals surface area contributed by atoms with E-state index in [-0.39, 0.29) is 12.0 Å². The molecule has 0 spiro atoms. The molecule has 0 radical (unpaired) electrons. The van der Waals surface area contributed by atoms with E-state index in [1.165, 1.54) is 13.0 Å². The van der Waals surface area contributed by atoms with Crippen LogP contribution in [0.2, 0.25) is 0 Å². The Morgan fingerprint density at radius 1 is 1.30 bits per heavy atom. The largest absolute Gasteiger partial charge is 0.510 e. The second-order valence-electron chi connectivity index (χ2n) is 5.47. The van der Waals surface area contributed by atoms with Crippen molar-refractivity contribution in [2.75, 3.05) is 0 Å². The first kappa shape index (κ1) is 17.2. The van der Waals surface area contributed by atoms with Gasteiger partial charge in [0.05, 0.1) is 0 Å². The van der Waals surface area contributed by atoms with E-state index >= 15 is 0 Å². The summed E-state index contributed by atoms with van der Waals surface area (Å²) in [6.07, 6.45) is 0.999. The van der Waals surface area contributed by atoms with Crippen LogP contribution in [-0.2, 0) is 21.3 Å². The van der Waals surface area contributed by atoms with Gasteiger partial charge in [-0.2, -0.15) is 8.42 Å². The van der Waals surface area contributed by atoms with E-state index in [0.29, 0.717) is 5.56 Å². The molecule has 0 heterocycles. The van der Waals surface area contributed by atoms with Gasteiger partial charge in [0.2, 0.25) is 0 Å². The number of hydrogen-bond donors (Lipinski definition) is 4. The fourth-order valence-corrected chi connectivity index (χ4v) is 3.70. The highest BCUT2D eigenvalue weighted by Crippen LogP contribution is 2.42. The Hall–Kier alpha value is -2.16. The van der Waals surface area contributed by atoms with Crippen LogP contribution >= 0.6 is 0 Å². The molecule has 0 bridgehead atoms. The summed E-state index contributed by atoms with van der Waals surface area (Å²) in [6.45, 7) is 1.33. The van der Waals surface area contributed by atoms with Gasteiger partial charge >= 0.3 is 5.97 Å². The van der Waals surface area contributed by atoms with E-state index in [0.717, 1.165) is 0 Å². The number of carbonyl (C=O) groups is 1. The van der Waals surface area contributed by atoms with E-state index in [4.69, 9.17) is 5.73 Å². The number of carboxylic acids is 1. The second-order valence-corrected chi connectivity index (χ2v) is 6.83. The minimum atomic E-state index is -4.80. The van der Waals surface area contributed by atoms with E-state index in [2.05, 4.69) is 0 Å². The molecule has 2 unspecified atom stereocenters. The van der Waals surface area contributed by atoms with Crippen LogP contribution in [0.5, 0.6) is 0 Å². The van der Waals surface area contributed by atoms with Gasteiger partial charge in [0.1, 0.15) is 16.1 Å². The Morgan fingerprint density at radius 2 is 1.87 bits per heavy atom. The Balaban J connectivity index is 2.71. The van der Waals surface area contributed by atoms with Gasteiger partial charge in [-0.15, -0.1) is 0 Å². The molecule has 1 aliphatic carbocycles. The normalized spacial score (nSPS) is 25.2. The first-order valence-corrected chi connectivity index (χ1v) is 8.17. The van der Waals surface area contributed by atoms with Crippen molar-refractivity contribution in [1.29, 1.82) is 0 Å². The zero-order valence-corrected chi connectivity index (χ0v) is 13.1. The van der Waals surface area contributed by atoms with Crippen molar-refractivity contribution in [2.45, 2.75) is 19.4 Å². The molecule has 8 heteroatoms. The first-order valence-electron chi connectivity index (χ1n) is 6.73. The lowest BCUT2D eigenvalue weighted by Crippen LogP contribution is -2.52. The molecule has 1 aromatic rings. The summed E-state index contributed by atoms with van der Waals surface area (Å²) in [5.41, 5.74) is 4.40. The molecule has 1 aromatic carbocycles. The summed E-state index contributed by atoms with van der Waals surface area (Å²) in [4.78, 5) is 11.1. The molecule has 1 aliphatic rings. The van der Waals surface area contributed by atoms with Crippen molar-refractivity contribution >= 4 is 16.1 Å². The third-order valence-electron chi connectivity index (χ3n) is 3.96. The number of allylic oxidation sites excluding steroid dienone is 1. The summed E-state index contributed by atoms with van der Waals surface area (Å²) >= 11 is 0. The summed E-state index contributed by atoms with van der Waals surface area (Å²) in [5.74, 6) is -2.43. The molecular formula is C15H17NO6S. The van der Waals surface area contributed by atoms with Gasteiger partial charge in [0, 0.05) is 6.04 Å². The lowest BCUT2D eigenvalue weighted by atomic mass is 9.70. The highest BCUT2D eigenvalue weighted by Gasteiger charge is 2.52. The third kappa shape index (κ3) is 2.88. The minimum absolute atomic E-state index is 0.00226. The Bertz CT molecular complexity index is 797. The lowest BCUT2D eigenvalue weighted by Gasteiger charge is -2.37. The smallest absolute Gasteiger partial charge is 0.319 e. The van der Waals surface area contributed by atoms with Gasteiger partial charge in [-0.1, -0.05) is 36.4 Å². The van der Waals surface area contributed by atoms with Crippen LogP contribution in [0.3, 0.4) is 0 Å². The molecule has 0 amide bonds. The minimum Gasteiger partial charge on any atom is -0.510 e. The standard InChI is InChI=1S/C15H17NO6S/c1-9-7-11(16)15(14(18)19,8-10-5-3-2-4-6-10)13(17)12(9)23(20,21)22/h2-7,11,17H,8,16H2,1H3,(H,18,19)(H,20,21,22). The maximum absolute atomic E-state index is 11.9. The molecule has 0 saturated carbocycles. The van der Waals surface area contributed by atoms with Crippen molar-refractivity contribution in [3.05, 3.63) is 58.2 Å². The molecule has 7 nitrogen and oxygen atoms in total. The van der Waals surface area contributed by atoms with Crippen LogP contribution in [0.15, 0.2) is 52.6 Å². The van der Waals surface area contributed by atoms with Crippen LogP contribution < -0.4 is 5.73 Å². The predicted octanol–water partition coefficient (Wildman–Crippen LogP) is 1.24. The fraction of sp³-hybridized carbons (Fsp3) is 0.267. The fourth-order valence-electron chi connectivity index (χ4n) is 2.80. The van der Waals surface area contributed by atoms with Crippen LogP contribution in [0, 0.1) is 5.41 Å². The Kier molecular flexibility index (Phi) is 4.34. The van der Waals surface area contributed by atoms with Crippen molar-refractivity contribution in [3.8, 4) is 0 Å². The van der Waals surface area contributed by atoms with Gasteiger partial charge in [-0.25, -0.2) is 0 Å². The van der Waals surface area contributed by atoms with Crippen molar-refractivity contribution in [2.24, 2.45) is 11.1 Å². The van der Waals surface area contributed by atoms with Gasteiger partial charge in [0.25, 0.3) is 10.1 Å². The number of nitrogens with two attached hydrogens (primary N) is 1. The van der Waals surface area contributed by atoms with Crippen LogP contribution in [0.4, 0.5) is 0 Å². The molecule has 2 atom stereocenters. The molecule has 0 saturated heterocycles. The quantitative estimate of drug-likeness (QED) is 0.605. The maximum atomic E-state index is 11.9. The number of benzene rings is 1. The van der Waals surface area contributed by atoms with Crippen LogP contribution in [-0.4, -0.2) is 35.2 Å². The summed E-state index contributed by atoms with van der Waals surface area (Å²) < 4.78 is 32.4. The van der Waals surface area contributed by atoms with E-state index < -0.39 is 38.2 Å². The maximum Gasteiger partial charge on any atom is 0.319 e. The summed E-state index contributed by atoms with van der Waals surface area (Å²) in [5, 5.41) is 20.1. The van der Waals surface area contributed by atoms with Gasteiger partial charge in [0.15, 0.2) is 0 Å². The van der Waals surface area contributed by atoms with Gasteiger partial charge < -0.3 is 15.9 Å². The van der Waals surface area contributed by atoms with Crippen molar-refractivity contribution in [3.63, 3.8) is 0 Å². The van der Waals surface area contributed by atoms with E-state index in [1.54, 1.807) is 30.3 Å². The number of aliphatic hydroxyl groups excluding tert-OH is 1. The lowest BCUT2D eigenvalue weighted by molar-refractivity contribution is -0.149. The number of hydrogen-bond acceptors (Lipinski definition) is 5. The third-order valence-corrected chi connectivity index (χ3v) is 4.99. The molecule has 124 valence electrons. The summed E-state index contributed by atoms with van der Waals surface area (Å²) in [7, 11) is -4.80. The van der Waals surface area contributed by atoms with Gasteiger partial charge in [-0.05, 0) is 24.5 Å². The average Bonchev–Trinajstić information content (AvgIpc) is 2.42. The van der Waals surface area contributed by atoms with Crippen molar-refractivity contribution in [1.82, 2.24) is 0 Å². The van der Waals surface area contributed by atoms with E-state index in [9.17, 15) is 28.0 Å². The van der Waals surface area contributed by atoms with Crippen LogP contribution in [0.1, 0.15) is 12.5 Å². The number of rotatable bonds is 4. The zero-order chi connectivity index (χ0) is 17.4. The molecular weight excluding hydrogens is 322 g/mol. The monoisotopic (exact) mass is 339 g/mol. The Morgan fingerprint density at radius 3 is 2.35 bits per heavy atom.